The minimum atomic E-state index is -0.649. The van der Waals surface area contributed by atoms with Crippen molar-refractivity contribution in [1.29, 1.82) is 0 Å². The highest BCUT2D eigenvalue weighted by atomic mass is 16.5. The summed E-state index contributed by atoms with van der Waals surface area (Å²) in [6, 6.07) is 18.4. The lowest BCUT2D eigenvalue weighted by atomic mass is 9.97. The van der Waals surface area contributed by atoms with E-state index in [1.807, 2.05) is 81.4 Å². The van der Waals surface area contributed by atoms with Gasteiger partial charge in [0.25, 0.3) is 0 Å². The first kappa shape index (κ1) is 20.5. The first-order valence-electron chi connectivity index (χ1n) is 9.33. The Morgan fingerprint density at radius 1 is 0.926 bits per heavy atom. The Morgan fingerprint density at radius 2 is 1.52 bits per heavy atom. The van der Waals surface area contributed by atoms with Gasteiger partial charge in [0.2, 0.25) is 5.91 Å². The summed E-state index contributed by atoms with van der Waals surface area (Å²) in [7, 11) is 0. The number of ether oxygens (including phenoxy) is 1. The Morgan fingerprint density at radius 3 is 2.11 bits per heavy atom. The van der Waals surface area contributed by atoms with Gasteiger partial charge in [-0.2, -0.15) is 0 Å². The van der Waals surface area contributed by atoms with Crippen LogP contribution < -0.4 is 10.6 Å². The Kier molecular flexibility index (Phi) is 7.86. The van der Waals surface area contributed by atoms with Crippen LogP contribution in [0.3, 0.4) is 0 Å². The number of alkyl carbamates (subject to hydrolysis) is 1. The summed E-state index contributed by atoms with van der Waals surface area (Å²) in [6.07, 6.45) is 0.170. The van der Waals surface area contributed by atoms with Crippen LogP contribution in [-0.2, 0) is 16.1 Å². The van der Waals surface area contributed by atoms with Crippen molar-refractivity contribution < 1.29 is 14.3 Å². The zero-order valence-electron chi connectivity index (χ0n) is 16.1. The average molecular weight is 368 g/mol. The summed E-state index contributed by atoms with van der Waals surface area (Å²) >= 11 is 0. The van der Waals surface area contributed by atoms with Gasteiger partial charge in [0.05, 0.1) is 6.04 Å². The lowest BCUT2D eigenvalue weighted by Gasteiger charge is -2.25. The summed E-state index contributed by atoms with van der Waals surface area (Å²) in [4.78, 5) is 24.9. The molecular formula is C22H28N2O3. The van der Waals surface area contributed by atoms with Gasteiger partial charge in [0, 0.05) is 0 Å². The summed E-state index contributed by atoms with van der Waals surface area (Å²) in [5.74, 6) is -0.227. The van der Waals surface area contributed by atoms with Gasteiger partial charge in [-0.1, -0.05) is 80.9 Å². The Hall–Kier alpha value is -2.82. The second-order valence-electron chi connectivity index (χ2n) is 6.71. The van der Waals surface area contributed by atoms with Crippen LogP contribution in [0.4, 0.5) is 4.79 Å². The summed E-state index contributed by atoms with van der Waals surface area (Å²) in [5, 5.41) is 5.70. The normalized spacial score (nSPS) is 13.9. The van der Waals surface area contributed by atoms with Crippen molar-refractivity contribution in [3.8, 4) is 0 Å². The molecule has 0 aromatic heterocycles. The third-order valence-corrected chi connectivity index (χ3v) is 4.64. The maximum absolute atomic E-state index is 12.8. The average Bonchev–Trinajstić information content (AvgIpc) is 2.71. The van der Waals surface area contributed by atoms with Gasteiger partial charge in [-0.3, -0.25) is 4.79 Å². The molecule has 0 aliphatic carbocycles. The van der Waals surface area contributed by atoms with Crippen LogP contribution in [0.15, 0.2) is 60.7 Å². The van der Waals surface area contributed by atoms with Crippen LogP contribution in [0.25, 0.3) is 0 Å². The van der Waals surface area contributed by atoms with Crippen molar-refractivity contribution in [1.82, 2.24) is 10.6 Å². The molecule has 2 N–H and O–H groups in total. The van der Waals surface area contributed by atoms with Crippen LogP contribution in [0.5, 0.6) is 0 Å². The maximum Gasteiger partial charge on any atom is 0.408 e. The van der Waals surface area contributed by atoms with Crippen molar-refractivity contribution in [2.75, 3.05) is 0 Å². The van der Waals surface area contributed by atoms with Gasteiger partial charge < -0.3 is 15.4 Å². The number of hydrogen-bond donors (Lipinski definition) is 2. The minimum Gasteiger partial charge on any atom is -0.445 e. The minimum absolute atomic E-state index is 0.0164. The molecule has 2 rings (SSSR count). The predicted octanol–water partition coefficient (Wildman–Crippen LogP) is 4.20. The van der Waals surface area contributed by atoms with Gasteiger partial charge in [-0.15, -0.1) is 0 Å². The number of benzene rings is 2. The zero-order chi connectivity index (χ0) is 19.6. The van der Waals surface area contributed by atoms with Crippen molar-refractivity contribution in [3.63, 3.8) is 0 Å². The second kappa shape index (κ2) is 10.4. The quantitative estimate of drug-likeness (QED) is 0.734. The number of carbonyl (C=O) groups excluding carboxylic acids is 2. The van der Waals surface area contributed by atoms with E-state index in [1.54, 1.807) is 0 Å². The zero-order valence-corrected chi connectivity index (χ0v) is 16.1. The number of nitrogens with one attached hydrogen (secondary N) is 2. The van der Waals surface area contributed by atoms with Crippen molar-refractivity contribution in [3.05, 3.63) is 71.8 Å². The molecule has 3 atom stereocenters. The van der Waals surface area contributed by atoms with Crippen LogP contribution in [0.2, 0.25) is 0 Å². The van der Waals surface area contributed by atoms with E-state index in [2.05, 4.69) is 10.6 Å². The first-order chi connectivity index (χ1) is 13.0. The number of hydrogen-bond acceptors (Lipinski definition) is 3. The molecule has 0 spiro atoms. The van der Waals surface area contributed by atoms with Crippen LogP contribution in [0.1, 0.15) is 44.4 Å². The lowest BCUT2D eigenvalue weighted by Crippen LogP contribution is -2.50. The predicted molar refractivity (Wildman–Crippen MR) is 106 cm³/mol. The lowest BCUT2D eigenvalue weighted by molar-refractivity contribution is -0.124. The molecule has 0 radical (unpaired) electrons. The van der Waals surface area contributed by atoms with Gasteiger partial charge in [-0.05, 0) is 24.0 Å². The summed E-state index contributed by atoms with van der Waals surface area (Å²) < 4.78 is 5.26. The Balaban J connectivity index is 1.95. The SMILES string of the molecule is CC[C@H](C)[C@H](NC(=O)OCc1ccccc1)C(=O)NC(C)c1ccccc1. The fraction of sp³-hybridized carbons (Fsp3) is 0.364. The van der Waals surface area contributed by atoms with Gasteiger partial charge in [-0.25, -0.2) is 4.79 Å². The van der Waals surface area contributed by atoms with Crippen molar-refractivity contribution in [2.45, 2.75) is 45.9 Å². The largest absolute Gasteiger partial charge is 0.445 e. The summed E-state index contributed by atoms with van der Waals surface area (Å²) in [5.41, 5.74) is 1.91. The number of amides is 2. The molecule has 27 heavy (non-hydrogen) atoms. The van der Waals surface area contributed by atoms with E-state index >= 15 is 0 Å². The van der Waals surface area contributed by atoms with E-state index < -0.39 is 12.1 Å². The molecular weight excluding hydrogens is 340 g/mol. The topological polar surface area (TPSA) is 67.4 Å². The van der Waals surface area contributed by atoms with E-state index in [1.165, 1.54) is 0 Å². The van der Waals surface area contributed by atoms with E-state index in [-0.39, 0.29) is 24.5 Å². The van der Waals surface area contributed by atoms with Crippen LogP contribution in [0, 0.1) is 5.92 Å². The van der Waals surface area contributed by atoms with E-state index in [9.17, 15) is 9.59 Å². The van der Waals surface area contributed by atoms with E-state index in [4.69, 9.17) is 4.74 Å². The molecule has 1 unspecified atom stereocenters. The van der Waals surface area contributed by atoms with Crippen molar-refractivity contribution in [2.24, 2.45) is 5.92 Å². The molecule has 0 saturated heterocycles. The second-order valence-corrected chi connectivity index (χ2v) is 6.71. The molecule has 0 fully saturated rings. The highest BCUT2D eigenvalue weighted by molar-refractivity contribution is 5.86. The van der Waals surface area contributed by atoms with Gasteiger partial charge >= 0.3 is 6.09 Å². The van der Waals surface area contributed by atoms with Crippen molar-refractivity contribution >= 4 is 12.0 Å². The monoisotopic (exact) mass is 368 g/mol. The van der Waals surface area contributed by atoms with Crippen LogP contribution in [-0.4, -0.2) is 18.0 Å². The van der Waals surface area contributed by atoms with Gasteiger partial charge in [0.15, 0.2) is 0 Å². The fourth-order valence-electron chi connectivity index (χ4n) is 2.72. The number of carbonyl (C=O) groups is 2. The summed E-state index contributed by atoms with van der Waals surface area (Å²) in [6.45, 7) is 6.02. The maximum atomic E-state index is 12.8. The molecule has 0 bridgehead atoms. The van der Waals surface area contributed by atoms with E-state index in [0.29, 0.717) is 0 Å². The molecule has 0 saturated carbocycles. The molecule has 5 nitrogen and oxygen atoms in total. The first-order valence-corrected chi connectivity index (χ1v) is 9.33. The third kappa shape index (κ3) is 6.44. The fourth-order valence-corrected chi connectivity index (χ4v) is 2.72. The molecule has 2 aromatic rings. The molecule has 5 heteroatoms. The molecule has 0 aliphatic heterocycles. The smallest absolute Gasteiger partial charge is 0.408 e. The third-order valence-electron chi connectivity index (χ3n) is 4.64. The van der Waals surface area contributed by atoms with Crippen LogP contribution >= 0.6 is 0 Å². The number of rotatable bonds is 8. The van der Waals surface area contributed by atoms with Gasteiger partial charge in [0.1, 0.15) is 12.6 Å². The molecule has 0 heterocycles. The molecule has 2 amide bonds. The highest BCUT2D eigenvalue weighted by Gasteiger charge is 2.27. The van der Waals surface area contributed by atoms with E-state index in [0.717, 1.165) is 17.5 Å². The molecule has 0 aliphatic rings. The molecule has 2 aromatic carbocycles. The standard InChI is InChI=1S/C22H28N2O3/c1-4-16(2)20(21(25)23-17(3)19-13-9-6-10-14-19)24-22(26)27-15-18-11-7-5-8-12-18/h5-14,16-17,20H,4,15H2,1-3H3,(H,23,25)(H,24,26)/t16-,17?,20-/m0/s1. The molecule has 144 valence electrons. The highest BCUT2D eigenvalue weighted by Crippen LogP contribution is 2.14. The Labute approximate surface area is 161 Å². The Bertz CT molecular complexity index is 719.